The van der Waals surface area contributed by atoms with Gasteiger partial charge in [0.2, 0.25) is 0 Å². The molecule has 92 valence electrons. The summed E-state index contributed by atoms with van der Waals surface area (Å²) in [4.78, 5) is 16.0. The first-order valence-electron chi connectivity index (χ1n) is 5.41. The van der Waals surface area contributed by atoms with Crippen LogP contribution in [0.2, 0.25) is 5.02 Å². The fraction of sp³-hybridized carbons (Fsp3) is 0.0769. The molecule has 5 heteroatoms. The molecule has 4 nitrogen and oxygen atoms in total. The van der Waals surface area contributed by atoms with E-state index in [2.05, 4.69) is 10.3 Å². The number of carbonyl (C=O) groups excluding carboxylic acids is 1. The molecule has 2 rings (SSSR count). The molecular weight excluding hydrogens is 250 g/mol. The first-order valence-corrected chi connectivity index (χ1v) is 5.79. The van der Waals surface area contributed by atoms with Crippen molar-refractivity contribution in [2.45, 2.75) is 6.54 Å². The molecule has 2 aromatic rings. The number of anilines is 1. The van der Waals surface area contributed by atoms with E-state index < -0.39 is 0 Å². The summed E-state index contributed by atoms with van der Waals surface area (Å²) >= 11 is 5.75. The van der Waals surface area contributed by atoms with Gasteiger partial charge in [-0.15, -0.1) is 0 Å². The maximum atomic E-state index is 11.9. The summed E-state index contributed by atoms with van der Waals surface area (Å²) < 4.78 is 0. The van der Waals surface area contributed by atoms with E-state index in [1.165, 1.54) is 0 Å². The molecule has 0 saturated carbocycles. The normalized spacial score (nSPS) is 10.1. The molecule has 0 atom stereocenters. The lowest BCUT2D eigenvalue weighted by atomic mass is 10.2. The minimum atomic E-state index is -0.223. The summed E-state index contributed by atoms with van der Waals surface area (Å²) in [7, 11) is 0. The van der Waals surface area contributed by atoms with Crippen molar-refractivity contribution < 1.29 is 4.79 Å². The van der Waals surface area contributed by atoms with Crippen LogP contribution < -0.4 is 11.1 Å². The third kappa shape index (κ3) is 3.06. The predicted octanol–water partition coefficient (Wildman–Crippen LogP) is 2.45. The number of nitrogens with zero attached hydrogens (tertiary/aromatic N) is 1. The fourth-order valence-corrected chi connectivity index (χ4v) is 1.53. The number of carbonyl (C=O) groups is 1. The summed E-state index contributed by atoms with van der Waals surface area (Å²) in [6, 6.07) is 10.2. The third-order valence-corrected chi connectivity index (χ3v) is 2.66. The number of halogens is 1. The van der Waals surface area contributed by atoms with Crippen molar-refractivity contribution in [1.29, 1.82) is 0 Å². The average Bonchev–Trinajstić information content (AvgIpc) is 2.40. The molecule has 1 aromatic heterocycles. The molecule has 0 spiro atoms. The molecule has 0 radical (unpaired) electrons. The molecular formula is C13H12ClN3O. The van der Waals surface area contributed by atoms with Gasteiger partial charge >= 0.3 is 0 Å². The van der Waals surface area contributed by atoms with Crippen molar-refractivity contribution in [3.63, 3.8) is 0 Å². The summed E-state index contributed by atoms with van der Waals surface area (Å²) in [5.74, 6) is 0.270. The van der Waals surface area contributed by atoms with Crippen molar-refractivity contribution in [3.05, 3.63) is 58.7 Å². The molecule has 0 fully saturated rings. The highest BCUT2D eigenvalue weighted by Crippen LogP contribution is 2.11. The van der Waals surface area contributed by atoms with Crippen LogP contribution in [0.3, 0.4) is 0 Å². The molecule has 0 saturated heterocycles. The second kappa shape index (κ2) is 5.62. The first-order chi connectivity index (χ1) is 8.69. The number of rotatable bonds is 3. The first kappa shape index (κ1) is 12.5. The van der Waals surface area contributed by atoms with Crippen molar-refractivity contribution in [3.8, 4) is 0 Å². The van der Waals surface area contributed by atoms with Gasteiger partial charge in [0, 0.05) is 23.3 Å². The van der Waals surface area contributed by atoms with Crippen LogP contribution in [-0.2, 0) is 6.54 Å². The molecule has 0 aliphatic heterocycles. The molecule has 0 bridgehead atoms. The molecule has 18 heavy (non-hydrogen) atoms. The lowest BCUT2D eigenvalue weighted by Crippen LogP contribution is -2.12. The molecule has 0 aliphatic carbocycles. The van der Waals surface area contributed by atoms with E-state index in [1.54, 1.807) is 36.5 Å². The van der Waals surface area contributed by atoms with Gasteiger partial charge in [-0.2, -0.15) is 0 Å². The monoisotopic (exact) mass is 261 g/mol. The summed E-state index contributed by atoms with van der Waals surface area (Å²) in [6.07, 6.45) is 1.64. The van der Waals surface area contributed by atoms with Crippen molar-refractivity contribution >= 4 is 23.3 Å². The maximum absolute atomic E-state index is 11.9. The Hall–Kier alpha value is -1.91. The maximum Gasteiger partial charge on any atom is 0.256 e. The van der Waals surface area contributed by atoms with Gasteiger partial charge in [0.15, 0.2) is 0 Å². The molecule has 1 heterocycles. The van der Waals surface area contributed by atoms with Crippen molar-refractivity contribution in [1.82, 2.24) is 4.98 Å². The van der Waals surface area contributed by atoms with E-state index >= 15 is 0 Å². The topological polar surface area (TPSA) is 68.0 Å². The van der Waals surface area contributed by atoms with Gasteiger partial charge in [-0.3, -0.25) is 4.79 Å². The number of nitrogens with two attached hydrogens (primary N) is 1. The SMILES string of the molecule is NCc1ccc(NC(=O)c2ccc(Cl)cc2)nc1. The number of hydrogen-bond donors (Lipinski definition) is 2. The highest BCUT2D eigenvalue weighted by molar-refractivity contribution is 6.30. The molecule has 1 amide bonds. The van der Waals surface area contributed by atoms with E-state index in [9.17, 15) is 4.79 Å². The number of benzene rings is 1. The van der Waals surface area contributed by atoms with E-state index in [-0.39, 0.29) is 5.91 Å². The van der Waals surface area contributed by atoms with Gasteiger partial charge in [-0.05, 0) is 35.9 Å². The lowest BCUT2D eigenvalue weighted by molar-refractivity contribution is 0.102. The third-order valence-electron chi connectivity index (χ3n) is 2.41. The van der Waals surface area contributed by atoms with Crippen LogP contribution in [0.4, 0.5) is 5.82 Å². The molecule has 1 aromatic carbocycles. The van der Waals surface area contributed by atoms with E-state index in [0.29, 0.717) is 22.9 Å². The zero-order valence-electron chi connectivity index (χ0n) is 9.56. The second-order valence-electron chi connectivity index (χ2n) is 3.72. The number of amides is 1. The van der Waals surface area contributed by atoms with Gasteiger partial charge in [-0.25, -0.2) is 4.98 Å². The lowest BCUT2D eigenvalue weighted by Gasteiger charge is -2.05. The van der Waals surface area contributed by atoms with Crippen molar-refractivity contribution in [2.24, 2.45) is 5.73 Å². The standard InChI is InChI=1S/C13H12ClN3O/c14-11-4-2-10(3-5-11)13(18)17-12-6-1-9(7-15)8-16-12/h1-6,8H,7,15H2,(H,16,17,18). The summed E-state index contributed by atoms with van der Waals surface area (Å²) in [6.45, 7) is 0.429. The van der Waals surface area contributed by atoms with Crippen LogP contribution in [0.15, 0.2) is 42.6 Å². The number of pyridine rings is 1. The van der Waals surface area contributed by atoms with Gasteiger partial charge in [0.25, 0.3) is 5.91 Å². The van der Waals surface area contributed by atoms with Gasteiger partial charge < -0.3 is 11.1 Å². The van der Waals surface area contributed by atoms with Crippen LogP contribution in [0.1, 0.15) is 15.9 Å². The highest BCUT2D eigenvalue weighted by Gasteiger charge is 2.06. The number of hydrogen-bond acceptors (Lipinski definition) is 3. The van der Waals surface area contributed by atoms with Crippen molar-refractivity contribution in [2.75, 3.05) is 5.32 Å². The number of nitrogens with one attached hydrogen (secondary N) is 1. The Kier molecular flexibility index (Phi) is 3.92. The highest BCUT2D eigenvalue weighted by atomic mass is 35.5. The smallest absolute Gasteiger partial charge is 0.256 e. The molecule has 3 N–H and O–H groups in total. The Morgan fingerprint density at radius 3 is 2.50 bits per heavy atom. The minimum Gasteiger partial charge on any atom is -0.326 e. The fourth-order valence-electron chi connectivity index (χ4n) is 1.41. The van der Waals surface area contributed by atoms with E-state index in [0.717, 1.165) is 5.56 Å². The quantitative estimate of drug-likeness (QED) is 0.892. The Morgan fingerprint density at radius 1 is 1.22 bits per heavy atom. The van der Waals surface area contributed by atoms with E-state index in [1.807, 2.05) is 6.07 Å². The zero-order chi connectivity index (χ0) is 13.0. The molecule has 0 aliphatic rings. The Labute approximate surface area is 110 Å². The second-order valence-corrected chi connectivity index (χ2v) is 4.15. The minimum absolute atomic E-state index is 0.223. The largest absolute Gasteiger partial charge is 0.326 e. The van der Waals surface area contributed by atoms with Gasteiger partial charge in [0.05, 0.1) is 0 Å². The van der Waals surface area contributed by atoms with Gasteiger partial charge in [0.1, 0.15) is 5.82 Å². The Balaban J connectivity index is 2.08. The van der Waals surface area contributed by atoms with Crippen LogP contribution in [0, 0.1) is 0 Å². The number of aromatic nitrogens is 1. The predicted molar refractivity (Wildman–Crippen MR) is 71.5 cm³/mol. The van der Waals surface area contributed by atoms with Crippen LogP contribution in [0.5, 0.6) is 0 Å². The molecule has 0 unspecified atom stereocenters. The summed E-state index contributed by atoms with van der Waals surface area (Å²) in [5.41, 5.74) is 6.91. The van der Waals surface area contributed by atoms with E-state index in [4.69, 9.17) is 17.3 Å². The van der Waals surface area contributed by atoms with Crippen LogP contribution in [-0.4, -0.2) is 10.9 Å². The van der Waals surface area contributed by atoms with Crippen LogP contribution in [0.25, 0.3) is 0 Å². The summed E-state index contributed by atoms with van der Waals surface area (Å²) in [5, 5.41) is 3.29. The Bertz CT molecular complexity index is 537. The van der Waals surface area contributed by atoms with Gasteiger partial charge in [-0.1, -0.05) is 17.7 Å². The average molecular weight is 262 g/mol. The van der Waals surface area contributed by atoms with Crippen LogP contribution >= 0.6 is 11.6 Å². The zero-order valence-corrected chi connectivity index (χ0v) is 10.3. The Morgan fingerprint density at radius 2 is 1.94 bits per heavy atom.